The highest BCUT2D eigenvalue weighted by atomic mass is 15.2. The quantitative estimate of drug-likeness (QED) is 0.659. The van der Waals surface area contributed by atoms with Crippen molar-refractivity contribution in [2.75, 3.05) is 20.1 Å². The molecule has 0 amide bonds. The Kier molecular flexibility index (Phi) is 3.34. The lowest BCUT2D eigenvalue weighted by molar-refractivity contribution is 0.0679. The van der Waals surface area contributed by atoms with Gasteiger partial charge in [0.05, 0.1) is 0 Å². The van der Waals surface area contributed by atoms with E-state index in [9.17, 15) is 0 Å². The van der Waals surface area contributed by atoms with Crippen LogP contribution < -0.4 is 5.73 Å². The van der Waals surface area contributed by atoms with Gasteiger partial charge in [-0.15, -0.1) is 0 Å². The van der Waals surface area contributed by atoms with Crippen LogP contribution in [0.25, 0.3) is 0 Å². The molecule has 2 nitrogen and oxygen atoms in total. The molecule has 1 fully saturated rings. The molecule has 1 aliphatic rings. The van der Waals surface area contributed by atoms with Gasteiger partial charge in [0.15, 0.2) is 0 Å². The lowest BCUT2D eigenvalue weighted by Crippen LogP contribution is -2.49. The Morgan fingerprint density at radius 1 is 1.64 bits per heavy atom. The molecule has 1 heterocycles. The van der Waals surface area contributed by atoms with E-state index >= 15 is 0 Å². The van der Waals surface area contributed by atoms with Crippen LogP contribution in [-0.2, 0) is 0 Å². The fourth-order valence-corrected chi connectivity index (χ4v) is 2.01. The third-order valence-electron chi connectivity index (χ3n) is 2.95. The Hall–Kier alpha value is -0.0800. The van der Waals surface area contributed by atoms with Crippen LogP contribution >= 0.6 is 0 Å². The average Bonchev–Trinajstić information content (AvgIpc) is 2.01. The van der Waals surface area contributed by atoms with Crippen LogP contribution in [0.15, 0.2) is 0 Å². The Morgan fingerprint density at radius 3 is 2.64 bits per heavy atom. The largest absolute Gasteiger partial charge is 0.330 e. The van der Waals surface area contributed by atoms with Crippen LogP contribution in [0, 0.1) is 5.92 Å². The Balaban J connectivity index is 2.29. The molecule has 0 radical (unpaired) electrons. The zero-order valence-electron chi connectivity index (χ0n) is 7.71. The Morgan fingerprint density at radius 2 is 2.36 bits per heavy atom. The third kappa shape index (κ3) is 1.94. The van der Waals surface area contributed by atoms with Crippen LogP contribution in [0.1, 0.15) is 26.2 Å². The predicted molar refractivity (Wildman–Crippen MR) is 48.5 cm³/mol. The SMILES string of the molecule is CCC(CCN)C1CCN1C. The summed E-state index contributed by atoms with van der Waals surface area (Å²) in [6.45, 7) is 4.40. The summed E-state index contributed by atoms with van der Waals surface area (Å²) >= 11 is 0. The van der Waals surface area contributed by atoms with Gasteiger partial charge in [-0.05, 0) is 38.9 Å². The Labute approximate surface area is 69.8 Å². The maximum absolute atomic E-state index is 5.55. The summed E-state index contributed by atoms with van der Waals surface area (Å²) in [5.41, 5.74) is 5.55. The molecule has 1 rings (SSSR count). The van der Waals surface area contributed by atoms with Gasteiger partial charge in [0.1, 0.15) is 0 Å². The minimum Gasteiger partial charge on any atom is -0.330 e. The zero-order chi connectivity index (χ0) is 8.27. The predicted octanol–water partition coefficient (Wildman–Crippen LogP) is 1.07. The normalized spacial score (nSPS) is 28.1. The van der Waals surface area contributed by atoms with Crippen molar-refractivity contribution in [3.63, 3.8) is 0 Å². The van der Waals surface area contributed by atoms with Gasteiger partial charge in [-0.1, -0.05) is 13.3 Å². The van der Waals surface area contributed by atoms with E-state index in [1.54, 1.807) is 0 Å². The summed E-state index contributed by atoms with van der Waals surface area (Å²) in [5.74, 6) is 0.846. The van der Waals surface area contributed by atoms with E-state index < -0.39 is 0 Å². The van der Waals surface area contributed by atoms with Crippen molar-refractivity contribution in [2.24, 2.45) is 11.7 Å². The average molecular weight is 156 g/mol. The second kappa shape index (κ2) is 4.07. The van der Waals surface area contributed by atoms with Crippen LogP contribution in [0.2, 0.25) is 0 Å². The lowest BCUT2D eigenvalue weighted by Gasteiger charge is -2.43. The van der Waals surface area contributed by atoms with Gasteiger partial charge >= 0.3 is 0 Å². The van der Waals surface area contributed by atoms with E-state index in [1.165, 1.54) is 25.8 Å². The first-order valence-corrected chi connectivity index (χ1v) is 4.70. The first kappa shape index (κ1) is 9.01. The number of hydrogen-bond acceptors (Lipinski definition) is 2. The second-order valence-electron chi connectivity index (χ2n) is 3.58. The van der Waals surface area contributed by atoms with Crippen molar-refractivity contribution in [1.29, 1.82) is 0 Å². The van der Waals surface area contributed by atoms with Crippen LogP contribution in [-0.4, -0.2) is 31.1 Å². The Bertz CT molecular complexity index is 114. The van der Waals surface area contributed by atoms with E-state index in [4.69, 9.17) is 5.73 Å². The minimum atomic E-state index is 0.837. The molecule has 0 saturated carbocycles. The molecule has 11 heavy (non-hydrogen) atoms. The monoisotopic (exact) mass is 156 g/mol. The number of hydrogen-bond donors (Lipinski definition) is 1. The van der Waals surface area contributed by atoms with Gasteiger partial charge in [0.25, 0.3) is 0 Å². The van der Waals surface area contributed by atoms with E-state index in [0.29, 0.717) is 0 Å². The lowest BCUT2D eigenvalue weighted by atomic mass is 9.85. The molecule has 0 bridgehead atoms. The molecular formula is C9H20N2. The fourth-order valence-electron chi connectivity index (χ4n) is 2.01. The molecule has 2 heteroatoms. The van der Waals surface area contributed by atoms with Gasteiger partial charge < -0.3 is 10.6 Å². The molecule has 66 valence electrons. The molecule has 0 aromatic carbocycles. The standard InChI is InChI=1S/C9H20N2/c1-3-8(4-6-10)9-5-7-11(9)2/h8-9H,3-7,10H2,1-2H3. The fraction of sp³-hybridized carbons (Fsp3) is 1.00. The summed E-state index contributed by atoms with van der Waals surface area (Å²) in [7, 11) is 2.22. The molecule has 1 saturated heterocycles. The third-order valence-corrected chi connectivity index (χ3v) is 2.95. The molecular weight excluding hydrogens is 136 g/mol. The summed E-state index contributed by atoms with van der Waals surface area (Å²) in [5, 5.41) is 0. The minimum absolute atomic E-state index is 0.837. The first-order valence-electron chi connectivity index (χ1n) is 4.70. The van der Waals surface area contributed by atoms with Gasteiger partial charge in [0.2, 0.25) is 0 Å². The molecule has 0 aromatic heterocycles. The highest BCUT2D eigenvalue weighted by molar-refractivity contribution is 4.85. The number of likely N-dealkylation sites (tertiary alicyclic amines) is 1. The van der Waals surface area contributed by atoms with E-state index in [-0.39, 0.29) is 0 Å². The van der Waals surface area contributed by atoms with Crippen molar-refractivity contribution in [1.82, 2.24) is 4.90 Å². The summed E-state index contributed by atoms with van der Waals surface area (Å²) in [6.07, 6.45) is 3.87. The molecule has 0 aliphatic carbocycles. The highest BCUT2D eigenvalue weighted by Gasteiger charge is 2.30. The van der Waals surface area contributed by atoms with Gasteiger partial charge in [-0.3, -0.25) is 0 Å². The van der Waals surface area contributed by atoms with Crippen molar-refractivity contribution < 1.29 is 0 Å². The van der Waals surface area contributed by atoms with Crippen molar-refractivity contribution >= 4 is 0 Å². The smallest absolute Gasteiger partial charge is 0.0133 e. The maximum atomic E-state index is 5.55. The first-order chi connectivity index (χ1) is 5.29. The molecule has 0 spiro atoms. The molecule has 0 aromatic rings. The van der Waals surface area contributed by atoms with Crippen molar-refractivity contribution in [3.05, 3.63) is 0 Å². The molecule has 2 atom stereocenters. The number of nitrogens with zero attached hydrogens (tertiary/aromatic N) is 1. The zero-order valence-corrected chi connectivity index (χ0v) is 7.71. The topological polar surface area (TPSA) is 29.3 Å². The van der Waals surface area contributed by atoms with E-state index in [2.05, 4.69) is 18.9 Å². The van der Waals surface area contributed by atoms with Crippen molar-refractivity contribution in [2.45, 2.75) is 32.2 Å². The molecule has 2 unspecified atom stereocenters. The van der Waals surface area contributed by atoms with Gasteiger partial charge in [-0.2, -0.15) is 0 Å². The van der Waals surface area contributed by atoms with Crippen LogP contribution in [0.4, 0.5) is 0 Å². The summed E-state index contributed by atoms with van der Waals surface area (Å²) < 4.78 is 0. The second-order valence-corrected chi connectivity index (χ2v) is 3.58. The summed E-state index contributed by atoms with van der Waals surface area (Å²) in [6, 6.07) is 0.837. The van der Waals surface area contributed by atoms with Crippen molar-refractivity contribution in [3.8, 4) is 0 Å². The van der Waals surface area contributed by atoms with Crippen LogP contribution in [0.3, 0.4) is 0 Å². The number of nitrogens with two attached hydrogens (primary N) is 1. The molecule has 2 N–H and O–H groups in total. The maximum Gasteiger partial charge on any atom is 0.0133 e. The molecule has 1 aliphatic heterocycles. The van der Waals surface area contributed by atoms with Crippen LogP contribution in [0.5, 0.6) is 0 Å². The van der Waals surface area contributed by atoms with E-state index in [0.717, 1.165) is 18.5 Å². The highest BCUT2D eigenvalue weighted by Crippen LogP contribution is 2.26. The van der Waals surface area contributed by atoms with Gasteiger partial charge in [-0.25, -0.2) is 0 Å². The van der Waals surface area contributed by atoms with Gasteiger partial charge in [0, 0.05) is 6.04 Å². The van der Waals surface area contributed by atoms with E-state index in [1.807, 2.05) is 0 Å². The summed E-state index contributed by atoms with van der Waals surface area (Å²) in [4.78, 5) is 2.45. The number of rotatable bonds is 4.